The van der Waals surface area contributed by atoms with Crippen molar-refractivity contribution in [2.45, 2.75) is 18.7 Å². The molecule has 0 aliphatic heterocycles. The molecule has 0 aliphatic rings. The van der Waals surface area contributed by atoms with Crippen LogP contribution in [0.2, 0.25) is 5.02 Å². The number of halogens is 2. The largest absolute Gasteiger partial charge is 0.273 e. The molecule has 0 unspecified atom stereocenters. The second-order valence-electron chi connectivity index (χ2n) is 4.95. The van der Waals surface area contributed by atoms with Gasteiger partial charge in [-0.2, -0.15) is 0 Å². The first-order chi connectivity index (χ1) is 10.7. The number of benzene rings is 2. The van der Waals surface area contributed by atoms with Crippen molar-refractivity contribution in [2.24, 2.45) is 0 Å². The van der Waals surface area contributed by atoms with Crippen molar-refractivity contribution < 1.29 is 17.6 Å². The van der Waals surface area contributed by atoms with E-state index in [0.29, 0.717) is 11.1 Å². The lowest BCUT2D eigenvalue weighted by Crippen LogP contribution is -2.41. The third kappa shape index (κ3) is 4.07. The first-order valence-corrected chi connectivity index (χ1v) is 8.41. The highest BCUT2D eigenvalue weighted by Crippen LogP contribution is 2.19. The molecule has 0 saturated carbocycles. The van der Waals surface area contributed by atoms with Crippen LogP contribution in [-0.2, 0) is 10.0 Å². The molecule has 0 bridgehead atoms. The third-order valence-corrected chi connectivity index (χ3v) is 4.66. The number of hydrazine groups is 1. The minimum absolute atomic E-state index is 0.259. The number of amides is 1. The zero-order valence-corrected chi connectivity index (χ0v) is 13.9. The van der Waals surface area contributed by atoms with Crippen LogP contribution in [0.25, 0.3) is 0 Å². The molecule has 2 rings (SSSR count). The zero-order valence-electron chi connectivity index (χ0n) is 12.4. The van der Waals surface area contributed by atoms with Crippen molar-refractivity contribution in [3.8, 4) is 0 Å². The molecule has 0 fully saturated rings. The molecule has 23 heavy (non-hydrogen) atoms. The lowest BCUT2D eigenvalue weighted by molar-refractivity contribution is 0.0944. The van der Waals surface area contributed by atoms with Gasteiger partial charge >= 0.3 is 0 Å². The molecule has 0 radical (unpaired) electrons. The Morgan fingerprint density at radius 1 is 1.13 bits per heavy atom. The number of nitrogens with one attached hydrogen (secondary N) is 2. The molecule has 2 aromatic rings. The number of hydrogen-bond acceptors (Lipinski definition) is 3. The Labute approximate surface area is 138 Å². The van der Waals surface area contributed by atoms with Crippen LogP contribution in [0.3, 0.4) is 0 Å². The lowest BCUT2D eigenvalue weighted by Gasteiger charge is -2.10. The van der Waals surface area contributed by atoms with E-state index >= 15 is 0 Å². The minimum atomic E-state index is -4.06. The molecule has 0 saturated heterocycles. The maximum Gasteiger partial charge on any atom is 0.266 e. The van der Waals surface area contributed by atoms with Crippen molar-refractivity contribution in [3.63, 3.8) is 0 Å². The molecule has 1 amide bonds. The van der Waals surface area contributed by atoms with E-state index in [-0.39, 0.29) is 9.92 Å². The Bertz CT molecular complexity index is 869. The summed E-state index contributed by atoms with van der Waals surface area (Å²) in [6, 6.07) is 8.10. The second-order valence-corrected chi connectivity index (χ2v) is 7.04. The van der Waals surface area contributed by atoms with E-state index in [4.69, 9.17) is 11.6 Å². The Morgan fingerprint density at radius 2 is 1.83 bits per heavy atom. The smallest absolute Gasteiger partial charge is 0.266 e. The van der Waals surface area contributed by atoms with Crippen molar-refractivity contribution in [1.29, 1.82) is 0 Å². The Kier molecular flexibility index (Phi) is 5.03. The zero-order chi connectivity index (χ0) is 17.2. The molecular weight excluding hydrogens is 343 g/mol. The summed E-state index contributed by atoms with van der Waals surface area (Å²) in [5.41, 5.74) is 4.16. The molecule has 0 spiro atoms. The van der Waals surface area contributed by atoms with Gasteiger partial charge in [0, 0.05) is 5.56 Å². The number of aryl methyl sites for hydroxylation is 2. The predicted octanol–water partition coefficient (Wildman–Crippen LogP) is 2.72. The Hall–Kier alpha value is -1.96. The summed E-state index contributed by atoms with van der Waals surface area (Å²) >= 11 is 5.56. The number of sulfonamides is 1. The average Bonchev–Trinajstić information content (AvgIpc) is 2.47. The molecule has 0 aliphatic carbocycles. The number of rotatable bonds is 4. The SMILES string of the molecule is Cc1ccc(C(=O)NNS(=O)(=O)c2ccc(F)c(Cl)c2)c(C)c1. The van der Waals surface area contributed by atoms with E-state index in [1.54, 1.807) is 19.1 Å². The van der Waals surface area contributed by atoms with Gasteiger partial charge in [0.05, 0.1) is 9.92 Å². The van der Waals surface area contributed by atoms with Gasteiger partial charge in [-0.1, -0.05) is 29.3 Å². The number of carbonyl (C=O) groups excluding carboxylic acids is 1. The van der Waals surface area contributed by atoms with Gasteiger partial charge in [-0.15, -0.1) is 4.83 Å². The minimum Gasteiger partial charge on any atom is -0.273 e. The van der Waals surface area contributed by atoms with Gasteiger partial charge in [0.2, 0.25) is 0 Å². The van der Waals surface area contributed by atoms with Crippen molar-refractivity contribution >= 4 is 27.5 Å². The van der Waals surface area contributed by atoms with Crippen LogP contribution < -0.4 is 10.3 Å². The standard InChI is InChI=1S/C15H14ClFN2O3S/c1-9-3-5-12(10(2)7-9)15(20)18-19-23(21,22)11-4-6-14(17)13(16)8-11/h3-8,19H,1-2H3,(H,18,20). The highest BCUT2D eigenvalue weighted by molar-refractivity contribution is 7.89. The van der Waals surface area contributed by atoms with Crippen molar-refractivity contribution in [2.75, 3.05) is 0 Å². The highest BCUT2D eigenvalue weighted by atomic mass is 35.5. The molecule has 122 valence electrons. The number of carbonyl (C=O) groups is 1. The van der Waals surface area contributed by atoms with Crippen LogP contribution in [0.15, 0.2) is 41.3 Å². The van der Waals surface area contributed by atoms with Gasteiger partial charge in [0.15, 0.2) is 0 Å². The Balaban J connectivity index is 2.15. The molecule has 0 aromatic heterocycles. The quantitative estimate of drug-likeness (QED) is 0.827. The number of hydrogen-bond donors (Lipinski definition) is 2. The lowest BCUT2D eigenvalue weighted by atomic mass is 10.1. The molecule has 2 N–H and O–H groups in total. The van der Waals surface area contributed by atoms with Gasteiger partial charge in [-0.25, -0.2) is 12.8 Å². The summed E-state index contributed by atoms with van der Waals surface area (Å²) in [6.45, 7) is 3.63. The molecule has 5 nitrogen and oxygen atoms in total. The molecule has 0 heterocycles. The van der Waals surface area contributed by atoms with Gasteiger partial charge in [-0.05, 0) is 43.7 Å². The van der Waals surface area contributed by atoms with Gasteiger partial charge in [0.1, 0.15) is 5.82 Å². The normalized spacial score (nSPS) is 11.3. The van der Waals surface area contributed by atoms with Crippen LogP contribution in [0.5, 0.6) is 0 Å². The van der Waals surface area contributed by atoms with E-state index in [9.17, 15) is 17.6 Å². The summed E-state index contributed by atoms with van der Waals surface area (Å²) in [5, 5.41) is -0.325. The molecule has 0 atom stereocenters. The fourth-order valence-electron chi connectivity index (χ4n) is 1.95. The molecule has 8 heteroatoms. The fraction of sp³-hybridized carbons (Fsp3) is 0.133. The van der Waals surface area contributed by atoms with E-state index in [2.05, 4.69) is 5.43 Å². The van der Waals surface area contributed by atoms with Crippen molar-refractivity contribution in [1.82, 2.24) is 10.3 Å². The topological polar surface area (TPSA) is 75.3 Å². The first-order valence-electron chi connectivity index (χ1n) is 6.55. The first kappa shape index (κ1) is 17.4. The summed E-state index contributed by atoms with van der Waals surface area (Å²) in [6.07, 6.45) is 0. The van der Waals surface area contributed by atoms with Gasteiger partial charge < -0.3 is 0 Å². The Morgan fingerprint density at radius 3 is 2.43 bits per heavy atom. The van der Waals surface area contributed by atoms with Crippen LogP contribution >= 0.6 is 11.6 Å². The molecule has 2 aromatic carbocycles. The fourth-order valence-corrected chi connectivity index (χ4v) is 3.06. The van der Waals surface area contributed by atoms with Gasteiger partial charge in [-0.3, -0.25) is 10.2 Å². The van der Waals surface area contributed by atoms with E-state index < -0.39 is 21.7 Å². The van der Waals surface area contributed by atoms with Crippen LogP contribution in [-0.4, -0.2) is 14.3 Å². The maximum absolute atomic E-state index is 13.1. The summed E-state index contributed by atoms with van der Waals surface area (Å²) in [4.78, 5) is 13.7. The average molecular weight is 357 g/mol. The van der Waals surface area contributed by atoms with E-state index in [1.165, 1.54) is 0 Å². The summed E-state index contributed by atoms with van der Waals surface area (Å²) in [7, 11) is -4.06. The van der Waals surface area contributed by atoms with Crippen LogP contribution in [0.1, 0.15) is 21.5 Å². The molecular formula is C15H14ClFN2O3S. The summed E-state index contributed by atoms with van der Waals surface area (Å²) in [5.74, 6) is -1.33. The maximum atomic E-state index is 13.1. The third-order valence-electron chi connectivity index (χ3n) is 3.13. The van der Waals surface area contributed by atoms with Crippen LogP contribution in [0, 0.1) is 19.7 Å². The van der Waals surface area contributed by atoms with Crippen LogP contribution in [0.4, 0.5) is 4.39 Å². The van der Waals surface area contributed by atoms with E-state index in [0.717, 1.165) is 23.8 Å². The van der Waals surface area contributed by atoms with E-state index in [1.807, 2.05) is 17.8 Å². The van der Waals surface area contributed by atoms with Crippen molar-refractivity contribution in [3.05, 3.63) is 63.9 Å². The van der Waals surface area contributed by atoms with Gasteiger partial charge in [0.25, 0.3) is 15.9 Å². The second kappa shape index (κ2) is 6.66. The highest BCUT2D eigenvalue weighted by Gasteiger charge is 2.18. The summed E-state index contributed by atoms with van der Waals surface area (Å²) < 4.78 is 37.2. The predicted molar refractivity (Wildman–Crippen MR) is 85.1 cm³/mol. The monoisotopic (exact) mass is 356 g/mol.